The van der Waals surface area contributed by atoms with Gasteiger partial charge in [-0.1, -0.05) is 34.5 Å². The van der Waals surface area contributed by atoms with E-state index in [2.05, 4.69) is 59.4 Å². The minimum absolute atomic E-state index is 0.0673. The molecule has 5 nitrogen and oxygen atoms in total. The van der Waals surface area contributed by atoms with Gasteiger partial charge in [0.15, 0.2) is 0 Å². The van der Waals surface area contributed by atoms with Gasteiger partial charge in [-0.2, -0.15) is 0 Å². The van der Waals surface area contributed by atoms with Crippen molar-refractivity contribution < 1.29 is 4.52 Å². The largest absolute Gasteiger partial charge is 0.366 e. The van der Waals surface area contributed by atoms with Crippen LogP contribution in [0.25, 0.3) is 11.3 Å². The van der Waals surface area contributed by atoms with Gasteiger partial charge in [0, 0.05) is 41.0 Å². The zero-order valence-corrected chi connectivity index (χ0v) is 16.9. The third-order valence-electron chi connectivity index (χ3n) is 6.25. The second-order valence-electron chi connectivity index (χ2n) is 7.99. The predicted molar refractivity (Wildman–Crippen MR) is 114 cm³/mol. The van der Waals surface area contributed by atoms with E-state index in [1.54, 1.807) is 0 Å². The molecule has 5 rings (SSSR count). The molecule has 146 valence electrons. The molecule has 1 aliphatic carbocycles. The number of hydrogen-bond donors (Lipinski definition) is 1. The SMILES string of the molecule is CC1=C(C)C(c2cnoc2C2c3cc(-c4ccccn4)cnc3NC2C)CC=C1. The summed E-state index contributed by atoms with van der Waals surface area (Å²) in [6, 6.07) is 8.29. The number of pyridine rings is 2. The fraction of sp³-hybridized carbons (Fsp3) is 0.292. The molecule has 2 aliphatic rings. The molecule has 1 aliphatic heterocycles. The molecule has 0 radical (unpaired) electrons. The summed E-state index contributed by atoms with van der Waals surface area (Å²) < 4.78 is 5.88. The average Bonchev–Trinajstić information content (AvgIpc) is 3.33. The summed E-state index contributed by atoms with van der Waals surface area (Å²) in [4.78, 5) is 9.16. The first-order chi connectivity index (χ1) is 14.1. The van der Waals surface area contributed by atoms with Gasteiger partial charge in [-0.3, -0.25) is 4.98 Å². The van der Waals surface area contributed by atoms with E-state index in [1.807, 2.05) is 36.8 Å². The van der Waals surface area contributed by atoms with Gasteiger partial charge in [0.25, 0.3) is 0 Å². The normalized spacial score (nSPS) is 23.2. The van der Waals surface area contributed by atoms with E-state index < -0.39 is 0 Å². The van der Waals surface area contributed by atoms with E-state index in [0.29, 0.717) is 5.92 Å². The van der Waals surface area contributed by atoms with Gasteiger partial charge in [0.1, 0.15) is 11.6 Å². The van der Waals surface area contributed by atoms with Gasteiger partial charge < -0.3 is 9.84 Å². The number of allylic oxidation sites excluding steroid dienone is 4. The van der Waals surface area contributed by atoms with Crippen molar-refractivity contribution in [2.45, 2.75) is 45.1 Å². The number of fused-ring (bicyclic) bond motifs is 1. The summed E-state index contributed by atoms with van der Waals surface area (Å²) in [7, 11) is 0. The Balaban J connectivity index is 1.58. The van der Waals surface area contributed by atoms with E-state index in [-0.39, 0.29) is 12.0 Å². The minimum atomic E-state index is 0.0673. The molecule has 0 fully saturated rings. The monoisotopic (exact) mass is 384 g/mol. The zero-order chi connectivity index (χ0) is 20.0. The lowest BCUT2D eigenvalue weighted by molar-refractivity contribution is 0.364. The first-order valence-electron chi connectivity index (χ1n) is 10.1. The molecule has 0 aromatic carbocycles. The highest BCUT2D eigenvalue weighted by atomic mass is 16.5. The number of anilines is 1. The summed E-state index contributed by atoms with van der Waals surface area (Å²) in [6.07, 6.45) is 11.0. The molecule has 4 heterocycles. The maximum absolute atomic E-state index is 5.88. The van der Waals surface area contributed by atoms with Crippen molar-refractivity contribution in [2.75, 3.05) is 5.32 Å². The van der Waals surface area contributed by atoms with Crippen molar-refractivity contribution in [3.05, 3.63) is 83.0 Å². The van der Waals surface area contributed by atoms with E-state index in [0.717, 1.165) is 34.8 Å². The van der Waals surface area contributed by atoms with Crippen LogP contribution in [0.4, 0.5) is 5.82 Å². The van der Waals surface area contributed by atoms with Crippen molar-refractivity contribution in [3.8, 4) is 11.3 Å². The van der Waals surface area contributed by atoms with Crippen LogP contribution in [0.2, 0.25) is 0 Å². The third-order valence-corrected chi connectivity index (χ3v) is 6.25. The number of hydrogen-bond acceptors (Lipinski definition) is 5. The molecule has 3 aromatic rings. The lowest BCUT2D eigenvalue weighted by Gasteiger charge is -2.23. The van der Waals surface area contributed by atoms with Gasteiger partial charge in [-0.05, 0) is 45.4 Å². The van der Waals surface area contributed by atoms with E-state index >= 15 is 0 Å². The Hall–Kier alpha value is -3.21. The van der Waals surface area contributed by atoms with Crippen LogP contribution in [0.1, 0.15) is 55.9 Å². The van der Waals surface area contributed by atoms with E-state index in [1.165, 1.54) is 16.7 Å². The minimum Gasteiger partial charge on any atom is -0.366 e. The number of nitrogens with one attached hydrogen (secondary N) is 1. The standard InChI is InChI=1S/C24H24N4O/c1-14-7-6-8-18(15(14)2)20-13-27-29-23(20)22-16(3)28-24-19(22)11-17(12-26-24)21-9-4-5-10-25-21/h4-7,9-13,16,18,22H,8H2,1-3H3,(H,26,28). The fourth-order valence-corrected chi connectivity index (χ4v) is 4.53. The van der Waals surface area contributed by atoms with Crippen LogP contribution in [-0.2, 0) is 0 Å². The van der Waals surface area contributed by atoms with Gasteiger partial charge in [0.2, 0.25) is 0 Å². The second kappa shape index (κ2) is 6.99. The van der Waals surface area contributed by atoms with Crippen LogP contribution in [0.5, 0.6) is 0 Å². The lowest BCUT2D eigenvalue weighted by atomic mass is 9.80. The Morgan fingerprint density at radius 1 is 1.10 bits per heavy atom. The molecule has 1 N–H and O–H groups in total. The second-order valence-corrected chi connectivity index (χ2v) is 7.99. The Labute approximate surface area is 170 Å². The van der Waals surface area contributed by atoms with Crippen LogP contribution >= 0.6 is 0 Å². The van der Waals surface area contributed by atoms with Crippen molar-refractivity contribution in [1.82, 2.24) is 15.1 Å². The quantitative estimate of drug-likeness (QED) is 0.650. The molecule has 0 saturated carbocycles. The maximum atomic E-state index is 5.88. The molecule has 0 bridgehead atoms. The molecule has 0 saturated heterocycles. The van der Waals surface area contributed by atoms with Crippen LogP contribution in [-0.4, -0.2) is 21.2 Å². The van der Waals surface area contributed by atoms with Gasteiger partial charge >= 0.3 is 0 Å². The third kappa shape index (κ3) is 2.97. The Bertz CT molecular complexity index is 1110. The van der Waals surface area contributed by atoms with Crippen LogP contribution < -0.4 is 5.32 Å². The molecule has 0 amide bonds. The highest BCUT2D eigenvalue weighted by molar-refractivity contribution is 5.66. The molecular formula is C24H24N4O. The molecule has 3 unspecified atom stereocenters. The first kappa shape index (κ1) is 17.9. The average molecular weight is 384 g/mol. The topological polar surface area (TPSA) is 63.8 Å². The Morgan fingerprint density at radius 2 is 2.00 bits per heavy atom. The van der Waals surface area contributed by atoms with Gasteiger partial charge in [-0.15, -0.1) is 0 Å². The van der Waals surface area contributed by atoms with Crippen molar-refractivity contribution >= 4 is 5.82 Å². The molecular weight excluding hydrogens is 360 g/mol. The maximum Gasteiger partial charge on any atom is 0.150 e. The Kier molecular flexibility index (Phi) is 4.31. The molecule has 3 aromatic heterocycles. The lowest BCUT2D eigenvalue weighted by Crippen LogP contribution is -2.18. The Morgan fingerprint density at radius 3 is 2.83 bits per heavy atom. The zero-order valence-electron chi connectivity index (χ0n) is 16.9. The smallest absolute Gasteiger partial charge is 0.150 e. The number of nitrogens with zero attached hydrogens (tertiary/aromatic N) is 3. The molecule has 29 heavy (non-hydrogen) atoms. The summed E-state index contributed by atoms with van der Waals surface area (Å²) in [5, 5.41) is 7.73. The predicted octanol–water partition coefficient (Wildman–Crippen LogP) is 5.46. The van der Waals surface area contributed by atoms with Gasteiger partial charge in [0.05, 0.1) is 17.8 Å². The summed E-state index contributed by atoms with van der Waals surface area (Å²) >= 11 is 0. The number of aromatic nitrogens is 3. The van der Waals surface area contributed by atoms with Gasteiger partial charge in [-0.25, -0.2) is 4.98 Å². The van der Waals surface area contributed by atoms with Crippen LogP contribution in [0.15, 0.2) is 70.7 Å². The summed E-state index contributed by atoms with van der Waals surface area (Å²) in [5.41, 5.74) is 6.97. The van der Waals surface area contributed by atoms with Crippen molar-refractivity contribution in [1.29, 1.82) is 0 Å². The van der Waals surface area contributed by atoms with Crippen LogP contribution in [0.3, 0.4) is 0 Å². The first-order valence-corrected chi connectivity index (χ1v) is 10.1. The van der Waals surface area contributed by atoms with Crippen LogP contribution in [0, 0.1) is 0 Å². The molecule has 3 atom stereocenters. The van der Waals surface area contributed by atoms with E-state index in [9.17, 15) is 0 Å². The summed E-state index contributed by atoms with van der Waals surface area (Å²) in [5.74, 6) is 2.23. The molecule has 5 heteroatoms. The number of rotatable bonds is 3. The molecule has 0 spiro atoms. The fourth-order valence-electron chi connectivity index (χ4n) is 4.53. The highest BCUT2D eigenvalue weighted by Gasteiger charge is 2.37. The highest BCUT2D eigenvalue weighted by Crippen LogP contribution is 2.45. The van der Waals surface area contributed by atoms with Crippen molar-refractivity contribution in [2.24, 2.45) is 0 Å². The van der Waals surface area contributed by atoms with E-state index in [4.69, 9.17) is 4.52 Å². The van der Waals surface area contributed by atoms with Crippen molar-refractivity contribution in [3.63, 3.8) is 0 Å². The summed E-state index contributed by atoms with van der Waals surface area (Å²) in [6.45, 7) is 6.56.